The van der Waals surface area contributed by atoms with Crippen LogP contribution in [0, 0.1) is 6.92 Å². The average Bonchev–Trinajstić information content (AvgIpc) is 2.85. The third kappa shape index (κ3) is 1.90. The summed E-state index contributed by atoms with van der Waals surface area (Å²) in [6.07, 6.45) is 2.55. The van der Waals surface area contributed by atoms with Crippen LogP contribution in [0.15, 0.2) is 30.6 Å². The molecule has 0 saturated heterocycles. The Morgan fingerprint density at radius 2 is 2.33 bits per heavy atom. The number of nitrogens with one attached hydrogen (secondary N) is 1. The molecule has 1 amide bonds. The Hall–Kier alpha value is -2.10. The van der Waals surface area contributed by atoms with Crippen molar-refractivity contribution in [3.63, 3.8) is 0 Å². The van der Waals surface area contributed by atoms with E-state index in [9.17, 15) is 4.79 Å². The van der Waals surface area contributed by atoms with Crippen molar-refractivity contribution < 1.29 is 4.79 Å². The highest BCUT2D eigenvalue weighted by Gasteiger charge is 2.23. The topological polar surface area (TPSA) is 49.0 Å². The normalized spacial score (nSPS) is 14.4. The van der Waals surface area contributed by atoms with Gasteiger partial charge in [0.1, 0.15) is 0 Å². The van der Waals surface area contributed by atoms with Gasteiger partial charge in [0.15, 0.2) is 0 Å². The molecule has 0 saturated carbocycles. The van der Waals surface area contributed by atoms with Crippen LogP contribution in [0.25, 0.3) is 0 Å². The molecule has 0 fully saturated rings. The van der Waals surface area contributed by atoms with Crippen molar-refractivity contribution in [2.24, 2.45) is 0 Å². The number of hydrogen-bond donors (Lipinski definition) is 1. The summed E-state index contributed by atoms with van der Waals surface area (Å²) in [5.74, 6) is 0.0901. The van der Waals surface area contributed by atoms with Gasteiger partial charge >= 0.3 is 0 Å². The van der Waals surface area contributed by atoms with Crippen LogP contribution in [0.5, 0.6) is 0 Å². The maximum atomic E-state index is 12.4. The van der Waals surface area contributed by atoms with Gasteiger partial charge in [0, 0.05) is 24.2 Å². The Morgan fingerprint density at radius 1 is 1.44 bits per heavy atom. The van der Waals surface area contributed by atoms with Gasteiger partial charge in [0.05, 0.1) is 18.6 Å². The molecule has 4 heteroatoms. The Labute approximate surface area is 106 Å². The lowest BCUT2D eigenvalue weighted by Gasteiger charge is -2.26. The molecule has 18 heavy (non-hydrogen) atoms. The number of hydrogen-bond acceptors (Lipinski definition) is 2. The molecule has 1 N–H and O–H groups in total. The molecular weight excluding hydrogens is 226 g/mol. The smallest absolute Gasteiger partial charge is 0.254 e. The molecule has 1 aliphatic heterocycles. The van der Waals surface area contributed by atoms with Gasteiger partial charge in [-0.1, -0.05) is 17.7 Å². The van der Waals surface area contributed by atoms with Gasteiger partial charge < -0.3 is 9.88 Å². The van der Waals surface area contributed by atoms with Gasteiger partial charge in [-0.15, -0.1) is 0 Å². The average molecular weight is 241 g/mol. The maximum absolute atomic E-state index is 12.4. The Morgan fingerprint density at radius 3 is 3.17 bits per heavy atom. The van der Waals surface area contributed by atoms with Crippen molar-refractivity contribution in [1.82, 2.24) is 14.9 Å². The zero-order valence-electron chi connectivity index (χ0n) is 10.3. The minimum atomic E-state index is 0.0901. The fourth-order valence-corrected chi connectivity index (χ4v) is 2.34. The van der Waals surface area contributed by atoms with Gasteiger partial charge in [-0.3, -0.25) is 4.79 Å². The Kier molecular flexibility index (Phi) is 2.63. The van der Waals surface area contributed by atoms with Crippen molar-refractivity contribution in [2.75, 3.05) is 6.54 Å². The lowest BCUT2D eigenvalue weighted by molar-refractivity contribution is 0.0732. The Balaban J connectivity index is 1.83. The molecule has 0 aliphatic carbocycles. The fraction of sp³-hybridized carbons (Fsp3) is 0.286. The van der Waals surface area contributed by atoms with Crippen LogP contribution in [0.1, 0.15) is 27.3 Å². The van der Waals surface area contributed by atoms with E-state index in [-0.39, 0.29) is 5.91 Å². The minimum Gasteiger partial charge on any atom is -0.348 e. The highest BCUT2D eigenvalue weighted by molar-refractivity contribution is 5.94. The van der Waals surface area contributed by atoms with Crippen LogP contribution in [0.2, 0.25) is 0 Å². The second kappa shape index (κ2) is 4.29. The van der Waals surface area contributed by atoms with E-state index in [1.807, 2.05) is 36.1 Å². The van der Waals surface area contributed by atoms with Gasteiger partial charge in [0.25, 0.3) is 5.91 Å². The molecule has 0 spiro atoms. The number of aromatic nitrogens is 2. The van der Waals surface area contributed by atoms with Crippen LogP contribution in [-0.4, -0.2) is 27.3 Å². The molecule has 0 unspecified atom stereocenters. The van der Waals surface area contributed by atoms with Crippen molar-refractivity contribution in [3.8, 4) is 0 Å². The minimum absolute atomic E-state index is 0.0901. The number of imidazole rings is 1. The molecule has 0 bridgehead atoms. The monoisotopic (exact) mass is 241 g/mol. The zero-order valence-corrected chi connectivity index (χ0v) is 10.3. The number of benzene rings is 1. The zero-order chi connectivity index (χ0) is 12.5. The third-order valence-corrected chi connectivity index (χ3v) is 3.33. The van der Waals surface area contributed by atoms with Gasteiger partial charge in [-0.25, -0.2) is 4.98 Å². The number of aryl methyl sites for hydroxylation is 1. The van der Waals surface area contributed by atoms with Gasteiger partial charge in [-0.05, 0) is 19.1 Å². The van der Waals surface area contributed by atoms with E-state index in [0.29, 0.717) is 6.54 Å². The molecule has 92 valence electrons. The standard InChI is InChI=1S/C14H15N3O/c1-10-3-2-4-11(7-10)14(18)17-6-5-12-13(8-17)16-9-15-12/h2-4,7,9H,5-6,8H2,1H3,(H,15,16). The van der Waals surface area contributed by atoms with Crippen LogP contribution in [-0.2, 0) is 13.0 Å². The first-order valence-electron chi connectivity index (χ1n) is 6.11. The second-order valence-electron chi connectivity index (χ2n) is 4.67. The lowest BCUT2D eigenvalue weighted by atomic mass is 10.1. The molecule has 2 aromatic rings. The summed E-state index contributed by atoms with van der Waals surface area (Å²) in [4.78, 5) is 21.6. The number of carbonyl (C=O) groups is 1. The molecule has 1 aromatic heterocycles. The number of H-pyrrole nitrogens is 1. The molecule has 2 heterocycles. The van der Waals surface area contributed by atoms with E-state index in [0.717, 1.165) is 35.5 Å². The molecule has 4 nitrogen and oxygen atoms in total. The van der Waals surface area contributed by atoms with Crippen LogP contribution in [0.4, 0.5) is 0 Å². The van der Waals surface area contributed by atoms with E-state index in [1.165, 1.54) is 0 Å². The van der Waals surface area contributed by atoms with E-state index in [2.05, 4.69) is 9.97 Å². The highest BCUT2D eigenvalue weighted by Crippen LogP contribution is 2.17. The van der Waals surface area contributed by atoms with Crippen LogP contribution >= 0.6 is 0 Å². The van der Waals surface area contributed by atoms with Crippen molar-refractivity contribution in [3.05, 3.63) is 53.1 Å². The van der Waals surface area contributed by atoms with E-state index < -0.39 is 0 Å². The summed E-state index contributed by atoms with van der Waals surface area (Å²) in [6.45, 7) is 3.35. The summed E-state index contributed by atoms with van der Waals surface area (Å²) in [6, 6.07) is 7.73. The molecule has 0 atom stereocenters. The highest BCUT2D eigenvalue weighted by atomic mass is 16.2. The van der Waals surface area contributed by atoms with Gasteiger partial charge in [-0.2, -0.15) is 0 Å². The first-order chi connectivity index (χ1) is 8.74. The summed E-state index contributed by atoms with van der Waals surface area (Å²) in [5, 5.41) is 0. The van der Waals surface area contributed by atoms with Crippen molar-refractivity contribution in [2.45, 2.75) is 19.9 Å². The summed E-state index contributed by atoms with van der Waals surface area (Å²) in [5.41, 5.74) is 4.01. The van der Waals surface area contributed by atoms with Crippen molar-refractivity contribution >= 4 is 5.91 Å². The first kappa shape index (κ1) is 11.0. The molecule has 1 aliphatic rings. The van der Waals surface area contributed by atoms with E-state index >= 15 is 0 Å². The number of amides is 1. The predicted molar refractivity (Wildman–Crippen MR) is 68.2 cm³/mol. The lowest BCUT2D eigenvalue weighted by Crippen LogP contribution is -2.36. The largest absolute Gasteiger partial charge is 0.348 e. The summed E-state index contributed by atoms with van der Waals surface area (Å²) in [7, 11) is 0. The number of fused-ring (bicyclic) bond motifs is 1. The van der Waals surface area contributed by atoms with Gasteiger partial charge in [0.2, 0.25) is 0 Å². The number of rotatable bonds is 1. The number of nitrogens with zero attached hydrogens (tertiary/aromatic N) is 2. The predicted octanol–water partition coefficient (Wildman–Crippen LogP) is 1.92. The third-order valence-electron chi connectivity index (χ3n) is 3.33. The van der Waals surface area contributed by atoms with Crippen molar-refractivity contribution in [1.29, 1.82) is 0 Å². The fourth-order valence-electron chi connectivity index (χ4n) is 2.34. The molecule has 3 rings (SSSR count). The number of carbonyl (C=O) groups excluding carboxylic acids is 1. The number of aromatic amines is 1. The second-order valence-corrected chi connectivity index (χ2v) is 4.67. The van der Waals surface area contributed by atoms with E-state index in [4.69, 9.17) is 0 Å². The summed E-state index contributed by atoms with van der Waals surface area (Å²) < 4.78 is 0. The maximum Gasteiger partial charge on any atom is 0.254 e. The van der Waals surface area contributed by atoms with Crippen LogP contribution < -0.4 is 0 Å². The molecular formula is C14H15N3O. The SMILES string of the molecule is Cc1cccc(C(=O)N2CCc3[nH]cnc3C2)c1. The molecule has 0 radical (unpaired) electrons. The first-order valence-corrected chi connectivity index (χ1v) is 6.11. The molecule has 1 aromatic carbocycles. The Bertz CT molecular complexity index is 588. The summed E-state index contributed by atoms with van der Waals surface area (Å²) >= 11 is 0. The quantitative estimate of drug-likeness (QED) is 0.829. The van der Waals surface area contributed by atoms with E-state index in [1.54, 1.807) is 6.33 Å². The van der Waals surface area contributed by atoms with Crippen LogP contribution in [0.3, 0.4) is 0 Å².